The highest BCUT2D eigenvalue weighted by Crippen LogP contribution is 2.47. The number of ether oxygens (including phenoxy) is 6. The normalized spacial score (nSPS) is 29.8. The van der Waals surface area contributed by atoms with Gasteiger partial charge < -0.3 is 28.4 Å². The summed E-state index contributed by atoms with van der Waals surface area (Å²) in [4.78, 5) is 88.4. The van der Waals surface area contributed by atoms with Gasteiger partial charge in [0.15, 0.2) is 17.8 Å². The summed E-state index contributed by atoms with van der Waals surface area (Å²) in [7, 11) is 1.11. The Morgan fingerprint density at radius 1 is 1.00 bits per heavy atom. The molecule has 2 amide bonds. The van der Waals surface area contributed by atoms with E-state index in [4.69, 9.17) is 28.4 Å². The third-order valence-corrected chi connectivity index (χ3v) is 7.06. The summed E-state index contributed by atoms with van der Waals surface area (Å²) in [6.07, 6.45) is -5.53. The Kier molecular flexibility index (Phi) is 9.30. The fourth-order valence-corrected chi connectivity index (χ4v) is 5.63. The molecule has 0 radical (unpaired) electrons. The number of hydrogen-bond acceptors (Lipinski definition) is 13. The summed E-state index contributed by atoms with van der Waals surface area (Å²) in [5.74, 6) is -5.36. The van der Waals surface area contributed by atoms with Crippen LogP contribution in [-0.4, -0.2) is 96.3 Å². The third kappa shape index (κ3) is 6.21. The van der Waals surface area contributed by atoms with E-state index in [2.05, 4.69) is 0 Å². The van der Waals surface area contributed by atoms with Crippen molar-refractivity contribution in [3.8, 4) is 0 Å². The predicted octanol–water partition coefficient (Wildman–Crippen LogP) is 0.609. The van der Waals surface area contributed by atoms with Crippen molar-refractivity contribution in [1.29, 1.82) is 0 Å². The van der Waals surface area contributed by atoms with Gasteiger partial charge in [0, 0.05) is 40.5 Å². The quantitative estimate of drug-likeness (QED) is 0.301. The number of imide groups is 1. The van der Waals surface area contributed by atoms with Crippen LogP contribution in [0.4, 0.5) is 4.79 Å². The Labute approximate surface area is 224 Å². The molecule has 2 aliphatic heterocycles. The van der Waals surface area contributed by atoms with Crippen molar-refractivity contribution in [2.24, 2.45) is 5.92 Å². The van der Waals surface area contributed by atoms with Gasteiger partial charge in [-0.05, 0) is 12.8 Å². The van der Waals surface area contributed by atoms with Crippen LogP contribution in [0.5, 0.6) is 0 Å². The highest BCUT2D eigenvalue weighted by Gasteiger charge is 2.66. The van der Waals surface area contributed by atoms with Gasteiger partial charge in [-0.25, -0.2) is 14.5 Å². The second-order valence-corrected chi connectivity index (χ2v) is 9.76. The molecule has 2 saturated heterocycles. The fourth-order valence-electron chi connectivity index (χ4n) is 5.63. The molecule has 0 aromatic carbocycles. The van der Waals surface area contributed by atoms with Crippen molar-refractivity contribution in [2.45, 2.75) is 95.9 Å². The Bertz CT molecular complexity index is 1040. The number of esters is 4. The lowest BCUT2D eigenvalue weighted by molar-refractivity contribution is -0.248. The third-order valence-electron chi connectivity index (χ3n) is 7.06. The zero-order chi connectivity index (χ0) is 29.1. The average Bonchev–Trinajstić information content (AvgIpc) is 3.19. The Morgan fingerprint density at radius 2 is 1.67 bits per heavy atom. The van der Waals surface area contributed by atoms with E-state index in [0.717, 1.165) is 39.7 Å². The first-order valence-corrected chi connectivity index (χ1v) is 12.6. The minimum atomic E-state index is -1.98. The molecule has 0 unspecified atom stereocenters. The molecule has 0 aromatic heterocycles. The summed E-state index contributed by atoms with van der Waals surface area (Å²) < 4.78 is 32.8. The molecule has 0 bridgehead atoms. The van der Waals surface area contributed by atoms with Crippen LogP contribution in [0.15, 0.2) is 0 Å². The molecule has 0 spiro atoms. The molecule has 1 aliphatic carbocycles. The molecule has 0 aromatic rings. The molecule has 39 heavy (non-hydrogen) atoms. The number of nitrogens with zero attached hydrogens (tertiary/aromatic N) is 1. The number of amides is 2. The number of fused-ring (bicyclic) bond motifs is 1. The van der Waals surface area contributed by atoms with Gasteiger partial charge in [-0.1, -0.05) is 6.42 Å². The summed E-state index contributed by atoms with van der Waals surface area (Å²) >= 11 is 0. The number of carbonyl (C=O) groups excluding carboxylic acids is 7. The van der Waals surface area contributed by atoms with Gasteiger partial charge in [0.25, 0.3) is 0 Å². The molecule has 7 atom stereocenters. The topological polar surface area (TPSA) is 178 Å². The molecular formula is C25H33NO13. The summed E-state index contributed by atoms with van der Waals surface area (Å²) in [5, 5.41) is 0. The standard InChI is InChI=1S/C25H33NO13/c1-12(27)26-20-18(38-24(26)33)10-25(23(32)34-5,16-8-6-7-9-17(16)31)39-22(20)21(37-15(4)30)19(36-14(3)29)11-35-13(2)28/h16,18-22H,6-11H2,1-5H3/t16-,18-,19+,20+,21+,22+,25-/m0/s1. The van der Waals surface area contributed by atoms with Gasteiger partial charge in [-0.3, -0.25) is 24.0 Å². The molecule has 14 nitrogen and oxygen atoms in total. The van der Waals surface area contributed by atoms with E-state index in [-0.39, 0.29) is 25.0 Å². The molecule has 1 saturated carbocycles. The van der Waals surface area contributed by atoms with E-state index < -0.39 is 84.5 Å². The molecular weight excluding hydrogens is 522 g/mol. The first-order valence-electron chi connectivity index (χ1n) is 12.6. The number of Topliss-reactive ketones (excluding diaryl/α,β-unsaturated/α-hetero) is 1. The fraction of sp³-hybridized carbons (Fsp3) is 0.720. The second kappa shape index (κ2) is 12.1. The maximum Gasteiger partial charge on any atom is 0.417 e. The van der Waals surface area contributed by atoms with Crippen molar-refractivity contribution >= 4 is 41.7 Å². The zero-order valence-corrected chi connectivity index (χ0v) is 22.5. The number of hydrogen-bond donors (Lipinski definition) is 0. The van der Waals surface area contributed by atoms with E-state index in [9.17, 15) is 33.6 Å². The van der Waals surface area contributed by atoms with Crippen molar-refractivity contribution < 1.29 is 62.0 Å². The number of methoxy groups -OCH3 is 1. The minimum absolute atomic E-state index is 0.181. The van der Waals surface area contributed by atoms with Crippen LogP contribution in [0.1, 0.15) is 59.8 Å². The van der Waals surface area contributed by atoms with Gasteiger partial charge >= 0.3 is 30.0 Å². The summed E-state index contributed by atoms with van der Waals surface area (Å²) in [6, 6.07) is -1.26. The lowest BCUT2D eigenvalue weighted by Gasteiger charge is -2.50. The van der Waals surface area contributed by atoms with Crippen molar-refractivity contribution in [1.82, 2.24) is 4.90 Å². The van der Waals surface area contributed by atoms with E-state index in [0.29, 0.717) is 12.8 Å². The van der Waals surface area contributed by atoms with E-state index >= 15 is 0 Å². The Balaban J connectivity index is 2.20. The van der Waals surface area contributed by atoms with Gasteiger partial charge in [0.2, 0.25) is 5.91 Å². The largest absolute Gasteiger partial charge is 0.467 e. The SMILES string of the molecule is COC(=O)[C@@]1([C@H]2CCCCC2=O)C[C@@H]2OC(=O)N(C(C)=O)[C@H]2[C@H]([C@H](OC(C)=O)[C@@H](COC(C)=O)OC(C)=O)O1. The highest BCUT2D eigenvalue weighted by atomic mass is 16.6. The van der Waals surface area contributed by atoms with Crippen LogP contribution in [0, 0.1) is 5.92 Å². The number of ketones is 1. The second-order valence-electron chi connectivity index (χ2n) is 9.76. The maximum absolute atomic E-state index is 13.4. The van der Waals surface area contributed by atoms with Crippen LogP contribution in [-0.2, 0) is 57.2 Å². The van der Waals surface area contributed by atoms with Crippen LogP contribution < -0.4 is 0 Å². The van der Waals surface area contributed by atoms with Gasteiger partial charge in [-0.2, -0.15) is 0 Å². The smallest absolute Gasteiger partial charge is 0.417 e. The van der Waals surface area contributed by atoms with Crippen LogP contribution in [0.2, 0.25) is 0 Å². The summed E-state index contributed by atoms with van der Waals surface area (Å²) in [6.45, 7) is 3.75. The summed E-state index contributed by atoms with van der Waals surface area (Å²) in [5.41, 5.74) is -1.98. The van der Waals surface area contributed by atoms with E-state index in [1.807, 2.05) is 0 Å². The van der Waals surface area contributed by atoms with Crippen LogP contribution in [0.25, 0.3) is 0 Å². The van der Waals surface area contributed by atoms with E-state index in [1.54, 1.807) is 0 Å². The predicted molar refractivity (Wildman–Crippen MR) is 126 cm³/mol. The van der Waals surface area contributed by atoms with Crippen molar-refractivity contribution in [3.05, 3.63) is 0 Å². The molecule has 216 valence electrons. The molecule has 0 N–H and O–H groups in total. The molecule has 3 fully saturated rings. The minimum Gasteiger partial charge on any atom is -0.467 e. The number of rotatable bonds is 8. The monoisotopic (exact) mass is 555 g/mol. The Morgan fingerprint density at radius 3 is 2.21 bits per heavy atom. The average molecular weight is 556 g/mol. The van der Waals surface area contributed by atoms with Gasteiger partial charge in [0.05, 0.1) is 13.0 Å². The first kappa shape index (κ1) is 30.0. The molecule has 14 heteroatoms. The Hall–Kier alpha value is -3.55. The van der Waals surface area contributed by atoms with Crippen LogP contribution in [0.3, 0.4) is 0 Å². The molecule has 3 aliphatic rings. The van der Waals surface area contributed by atoms with Crippen molar-refractivity contribution in [3.63, 3.8) is 0 Å². The number of carbonyl (C=O) groups is 7. The lowest BCUT2D eigenvalue weighted by atomic mass is 9.70. The van der Waals surface area contributed by atoms with Crippen LogP contribution >= 0.6 is 0 Å². The lowest BCUT2D eigenvalue weighted by Crippen LogP contribution is -2.69. The maximum atomic E-state index is 13.4. The van der Waals surface area contributed by atoms with Gasteiger partial charge in [-0.15, -0.1) is 0 Å². The first-order chi connectivity index (χ1) is 18.3. The molecule has 2 heterocycles. The van der Waals surface area contributed by atoms with E-state index in [1.165, 1.54) is 0 Å². The van der Waals surface area contributed by atoms with Gasteiger partial charge in [0.1, 0.15) is 30.6 Å². The van der Waals surface area contributed by atoms with Crippen molar-refractivity contribution in [2.75, 3.05) is 13.7 Å². The molecule has 3 rings (SSSR count). The zero-order valence-electron chi connectivity index (χ0n) is 22.5. The highest BCUT2D eigenvalue weighted by molar-refractivity contribution is 5.94.